The molecule has 0 N–H and O–H groups in total. The zero-order chi connectivity index (χ0) is 20.4. The first-order valence-corrected chi connectivity index (χ1v) is 9.67. The Morgan fingerprint density at radius 1 is 1.39 bits per heavy atom. The highest BCUT2D eigenvalue weighted by Crippen LogP contribution is 2.35. The smallest absolute Gasteiger partial charge is 0.337 e. The highest BCUT2D eigenvalue weighted by molar-refractivity contribution is 7.07. The van der Waals surface area contributed by atoms with Crippen LogP contribution >= 0.6 is 22.9 Å². The molecule has 0 saturated heterocycles. The molecule has 0 fully saturated rings. The molecule has 2 heterocycles. The minimum Gasteiger partial charge on any atom is -0.493 e. The normalized spacial score (nSPS) is 13.8. The summed E-state index contributed by atoms with van der Waals surface area (Å²) >= 11 is 7.42. The molecule has 3 rings (SSSR count). The van der Waals surface area contributed by atoms with E-state index in [-0.39, 0.29) is 12.1 Å². The van der Waals surface area contributed by atoms with E-state index >= 15 is 0 Å². The topological polar surface area (TPSA) is 79.1 Å². The van der Waals surface area contributed by atoms with Crippen molar-refractivity contribution >= 4 is 35.0 Å². The Bertz CT molecular complexity index is 1150. The van der Waals surface area contributed by atoms with Crippen LogP contribution < -0.4 is 24.4 Å². The molecule has 0 amide bonds. The predicted octanol–water partition coefficient (Wildman–Crippen LogP) is 1.88. The lowest BCUT2D eigenvalue weighted by molar-refractivity contribution is -0.136. The molecule has 0 bridgehead atoms. The van der Waals surface area contributed by atoms with Gasteiger partial charge in [-0.15, -0.1) is 0 Å². The number of hydrogen-bond acceptors (Lipinski definition) is 7. The molecule has 1 aromatic carbocycles. The number of hydrogen-bond donors (Lipinski definition) is 0. The first-order chi connectivity index (χ1) is 13.4. The quantitative estimate of drug-likeness (QED) is 0.687. The van der Waals surface area contributed by atoms with Crippen LogP contribution in [0.15, 0.2) is 33.2 Å². The number of rotatable bonds is 5. The largest absolute Gasteiger partial charge is 0.493 e. The Hall–Kier alpha value is -2.58. The van der Waals surface area contributed by atoms with E-state index in [1.807, 2.05) is 6.92 Å². The van der Waals surface area contributed by atoms with E-state index in [0.29, 0.717) is 49.3 Å². The average Bonchev–Trinajstić information content (AvgIpc) is 2.96. The third-order valence-corrected chi connectivity index (χ3v) is 5.40. The molecule has 148 valence electrons. The summed E-state index contributed by atoms with van der Waals surface area (Å²) in [4.78, 5) is 29.7. The van der Waals surface area contributed by atoms with E-state index in [1.165, 1.54) is 30.1 Å². The maximum Gasteiger partial charge on any atom is 0.337 e. The second-order valence-electron chi connectivity index (χ2n) is 5.91. The first kappa shape index (κ1) is 20.2. The van der Waals surface area contributed by atoms with Gasteiger partial charge in [-0.1, -0.05) is 22.9 Å². The molecule has 7 nitrogen and oxygen atoms in total. The van der Waals surface area contributed by atoms with Crippen LogP contribution in [-0.2, 0) is 16.1 Å². The van der Waals surface area contributed by atoms with Gasteiger partial charge in [0.2, 0.25) is 0 Å². The van der Waals surface area contributed by atoms with Gasteiger partial charge in [-0.25, -0.2) is 9.79 Å². The van der Waals surface area contributed by atoms with Crippen molar-refractivity contribution in [3.8, 4) is 11.5 Å². The van der Waals surface area contributed by atoms with E-state index in [0.717, 1.165) is 0 Å². The number of ether oxygens (including phenoxy) is 3. The Balaban J connectivity index is 2.17. The van der Waals surface area contributed by atoms with Gasteiger partial charge in [-0.05, 0) is 26.0 Å². The van der Waals surface area contributed by atoms with Crippen molar-refractivity contribution in [1.82, 2.24) is 4.57 Å². The Labute approximate surface area is 170 Å². The number of allylic oxidation sites excluding steroid dienone is 1. The van der Waals surface area contributed by atoms with Crippen LogP contribution in [0.2, 0.25) is 5.02 Å². The summed E-state index contributed by atoms with van der Waals surface area (Å²) in [7, 11) is 2.83. The number of thiazole rings is 1. The summed E-state index contributed by atoms with van der Waals surface area (Å²) in [6.45, 7) is 4.13. The van der Waals surface area contributed by atoms with Gasteiger partial charge in [0.25, 0.3) is 5.56 Å². The molecule has 0 unspecified atom stereocenters. The minimum atomic E-state index is -0.492. The van der Waals surface area contributed by atoms with Crippen molar-refractivity contribution in [3.05, 3.63) is 53.7 Å². The number of carbonyl (C=O) groups excluding carboxylic acids is 1. The number of aromatic nitrogens is 1. The third-order valence-electron chi connectivity index (χ3n) is 4.18. The molecule has 1 aliphatic rings. The third kappa shape index (κ3) is 3.70. The lowest BCUT2D eigenvalue weighted by Gasteiger charge is -2.12. The number of methoxy groups -OCH3 is 2. The number of carbonyl (C=O) groups is 1. The maximum absolute atomic E-state index is 12.9. The number of nitrogens with zero attached hydrogens (tertiary/aromatic N) is 2. The average molecular weight is 423 g/mol. The van der Waals surface area contributed by atoms with Gasteiger partial charge in [0.15, 0.2) is 16.3 Å². The van der Waals surface area contributed by atoms with Crippen molar-refractivity contribution in [2.45, 2.75) is 20.4 Å². The SMILES string of the molecule is CCOc1c(C=c2sc3n(c2=O)CC(C(=O)OC)=C(C)N=3)cc(Cl)cc1OC. The first-order valence-electron chi connectivity index (χ1n) is 8.48. The number of halogens is 1. The summed E-state index contributed by atoms with van der Waals surface area (Å²) < 4.78 is 17.7. The fourth-order valence-corrected chi connectivity index (χ4v) is 4.07. The lowest BCUT2D eigenvalue weighted by Crippen LogP contribution is -2.35. The molecule has 0 aliphatic carbocycles. The molecule has 0 radical (unpaired) electrons. The fourth-order valence-electron chi connectivity index (χ4n) is 2.84. The van der Waals surface area contributed by atoms with Crippen LogP contribution in [-0.4, -0.2) is 31.4 Å². The Morgan fingerprint density at radius 3 is 2.79 bits per heavy atom. The van der Waals surface area contributed by atoms with Crippen molar-refractivity contribution in [2.75, 3.05) is 20.8 Å². The van der Waals surface area contributed by atoms with Gasteiger partial charge in [-0.2, -0.15) is 0 Å². The van der Waals surface area contributed by atoms with Gasteiger partial charge in [-0.3, -0.25) is 9.36 Å². The van der Waals surface area contributed by atoms with Gasteiger partial charge in [0, 0.05) is 16.7 Å². The van der Waals surface area contributed by atoms with Crippen molar-refractivity contribution in [2.24, 2.45) is 4.99 Å². The van der Waals surface area contributed by atoms with Crippen LogP contribution in [0.4, 0.5) is 0 Å². The predicted molar refractivity (Wildman–Crippen MR) is 107 cm³/mol. The standard InChI is InChI=1S/C19H19ClN2O5S/c1-5-27-16-11(6-12(20)8-14(16)25-3)7-15-17(23)22-9-13(18(24)26-4)10(2)21-19(22)28-15/h6-8H,5,9H2,1-4H3. The van der Waals surface area contributed by atoms with Gasteiger partial charge in [0.05, 0.1) is 43.2 Å². The summed E-state index contributed by atoms with van der Waals surface area (Å²) in [5, 5.41) is 0.461. The van der Waals surface area contributed by atoms with Crippen LogP contribution in [0.1, 0.15) is 19.4 Å². The van der Waals surface area contributed by atoms with E-state index in [9.17, 15) is 9.59 Å². The number of fused-ring (bicyclic) bond motifs is 1. The zero-order valence-corrected chi connectivity index (χ0v) is 17.4. The number of benzene rings is 1. The lowest BCUT2D eigenvalue weighted by atomic mass is 10.1. The van der Waals surface area contributed by atoms with E-state index in [1.54, 1.807) is 25.1 Å². The fraction of sp³-hybridized carbons (Fsp3) is 0.316. The molecule has 28 heavy (non-hydrogen) atoms. The summed E-state index contributed by atoms with van der Waals surface area (Å²) in [5.74, 6) is 0.498. The molecule has 9 heteroatoms. The molecular weight excluding hydrogens is 404 g/mol. The van der Waals surface area contributed by atoms with E-state index in [2.05, 4.69) is 4.99 Å². The van der Waals surface area contributed by atoms with Crippen LogP contribution in [0.5, 0.6) is 11.5 Å². The van der Waals surface area contributed by atoms with Crippen molar-refractivity contribution < 1.29 is 19.0 Å². The zero-order valence-electron chi connectivity index (χ0n) is 15.9. The van der Waals surface area contributed by atoms with E-state index in [4.69, 9.17) is 25.8 Å². The van der Waals surface area contributed by atoms with Crippen molar-refractivity contribution in [3.63, 3.8) is 0 Å². The molecule has 2 aromatic rings. The Morgan fingerprint density at radius 2 is 2.14 bits per heavy atom. The molecule has 1 aromatic heterocycles. The van der Waals surface area contributed by atoms with Gasteiger partial charge < -0.3 is 14.2 Å². The second-order valence-corrected chi connectivity index (χ2v) is 7.36. The van der Waals surface area contributed by atoms with Crippen molar-refractivity contribution in [1.29, 1.82) is 0 Å². The summed E-state index contributed by atoms with van der Waals surface area (Å²) in [6, 6.07) is 3.36. The molecular formula is C19H19ClN2O5S. The highest BCUT2D eigenvalue weighted by atomic mass is 35.5. The second kappa shape index (κ2) is 8.20. The summed E-state index contributed by atoms with van der Waals surface area (Å²) in [6.07, 6.45) is 1.69. The maximum atomic E-state index is 12.9. The van der Waals surface area contributed by atoms with Crippen LogP contribution in [0.25, 0.3) is 6.08 Å². The minimum absolute atomic E-state index is 0.123. The van der Waals surface area contributed by atoms with Gasteiger partial charge >= 0.3 is 5.97 Å². The summed E-state index contributed by atoms with van der Waals surface area (Å²) in [5.41, 5.74) is 1.28. The molecule has 1 aliphatic heterocycles. The Kier molecular flexibility index (Phi) is 5.90. The van der Waals surface area contributed by atoms with Crippen LogP contribution in [0, 0.1) is 0 Å². The number of esters is 1. The molecule has 0 saturated carbocycles. The highest BCUT2D eigenvalue weighted by Gasteiger charge is 2.21. The van der Waals surface area contributed by atoms with Crippen LogP contribution in [0.3, 0.4) is 0 Å². The monoisotopic (exact) mass is 422 g/mol. The molecule has 0 spiro atoms. The van der Waals surface area contributed by atoms with Gasteiger partial charge in [0.1, 0.15) is 0 Å². The van der Waals surface area contributed by atoms with E-state index < -0.39 is 5.97 Å². The molecule has 0 atom stereocenters.